The Morgan fingerprint density at radius 1 is 1.55 bits per heavy atom. The molecule has 20 heavy (non-hydrogen) atoms. The van der Waals surface area contributed by atoms with E-state index in [1.165, 1.54) is 4.31 Å². The second kappa shape index (κ2) is 6.01. The Labute approximate surface area is 125 Å². The molecule has 0 amide bonds. The molecule has 1 aromatic rings. The van der Waals surface area contributed by atoms with Gasteiger partial charge < -0.3 is 4.90 Å². The van der Waals surface area contributed by atoms with Crippen LogP contribution in [0, 0.1) is 12.8 Å². The number of sulfonamides is 1. The van der Waals surface area contributed by atoms with Crippen LogP contribution in [0.2, 0.25) is 0 Å². The number of nitrogens with one attached hydrogen (secondary N) is 1. The maximum Gasteiger partial charge on any atom is 0.262 e. The van der Waals surface area contributed by atoms with Crippen LogP contribution in [-0.4, -0.2) is 61.5 Å². The van der Waals surface area contributed by atoms with E-state index in [2.05, 4.69) is 22.1 Å². The molecule has 2 heterocycles. The molecule has 0 aromatic carbocycles. The molecule has 1 fully saturated rings. The van der Waals surface area contributed by atoms with Crippen molar-refractivity contribution in [1.82, 2.24) is 19.4 Å². The van der Waals surface area contributed by atoms with Crippen LogP contribution in [0.4, 0.5) is 0 Å². The van der Waals surface area contributed by atoms with Crippen molar-refractivity contribution in [3.63, 3.8) is 0 Å². The number of aromatic nitrogens is 2. The first kappa shape index (κ1) is 15.8. The van der Waals surface area contributed by atoms with E-state index < -0.39 is 10.0 Å². The van der Waals surface area contributed by atoms with E-state index in [0.717, 1.165) is 19.5 Å². The molecule has 0 radical (unpaired) electrons. The van der Waals surface area contributed by atoms with Crippen molar-refractivity contribution < 1.29 is 8.42 Å². The minimum absolute atomic E-state index is 0.0545. The summed E-state index contributed by atoms with van der Waals surface area (Å²) in [6.45, 7) is 4.24. The Morgan fingerprint density at radius 3 is 2.80 bits per heavy atom. The summed E-state index contributed by atoms with van der Waals surface area (Å²) in [7, 11) is 0.0817. The highest BCUT2D eigenvalue weighted by atomic mass is 35.5. The van der Waals surface area contributed by atoms with E-state index >= 15 is 0 Å². The molecular weight excluding hydrogens is 300 g/mol. The van der Waals surface area contributed by atoms with Crippen molar-refractivity contribution in [1.29, 1.82) is 0 Å². The van der Waals surface area contributed by atoms with Gasteiger partial charge in [0.05, 0.1) is 5.88 Å². The van der Waals surface area contributed by atoms with E-state index in [0.29, 0.717) is 23.7 Å². The highest BCUT2D eigenvalue weighted by Gasteiger charge is 2.31. The van der Waals surface area contributed by atoms with E-state index in [1.807, 2.05) is 0 Å². The average molecular weight is 321 g/mol. The molecule has 0 aliphatic carbocycles. The largest absolute Gasteiger partial charge is 0.306 e. The molecule has 1 atom stereocenters. The van der Waals surface area contributed by atoms with Crippen LogP contribution < -0.4 is 0 Å². The molecular formula is C12H21ClN4O2S. The lowest BCUT2D eigenvalue weighted by molar-refractivity contribution is 0.356. The molecule has 0 spiro atoms. The number of likely N-dealkylation sites (tertiary alicyclic amines) is 1. The zero-order valence-electron chi connectivity index (χ0n) is 12.1. The molecule has 1 aliphatic heterocycles. The minimum atomic E-state index is -3.58. The Kier molecular flexibility index (Phi) is 4.73. The number of halogens is 1. The fraction of sp³-hybridized carbons (Fsp3) is 0.750. The number of aromatic amines is 1. The number of hydrogen-bond donors (Lipinski definition) is 1. The molecule has 8 heteroatoms. The summed E-state index contributed by atoms with van der Waals surface area (Å²) in [5.74, 6) is 0.510. The van der Waals surface area contributed by atoms with Crippen molar-refractivity contribution in [2.24, 2.45) is 5.92 Å². The maximum atomic E-state index is 12.6. The number of nitrogens with zero attached hydrogens (tertiary/aromatic N) is 3. The summed E-state index contributed by atoms with van der Waals surface area (Å²) in [5.41, 5.74) is 1.26. The summed E-state index contributed by atoms with van der Waals surface area (Å²) in [6, 6.07) is 0. The van der Waals surface area contributed by atoms with Crippen molar-refractivity contribution in [2.45, 2.75) is 24.3 Å². The lowest BCUT2D eigenvalue weighted by Gasteiger charge is -2.20. The van der Waals surface area contributed by atoms with Gasteiger partial charge in [-0.1, -0.05) is 0 Å². The van der Waals surface area contributed by atoms with E-state index in [-0.39, 0.29) is 10.9 Å². The van der Waals surface area contributed by atoms with Gasteiger partial charge in [-0.05, 0) is 32.9 Å². The van der Waals surface area contributed by atoms with E-state index in [9.17, 15) is 8.42 Å². The molecule has 1 N–H and O–H groups in total. The molecule has 1 saturated heterocycles. The smallest absolute Gasteiger partial charge is 0.262 e. The quantitative estimate of drug-likeness (QED) is 0.823. The van der Waals surface area contributed by atoms with Crippen LogP contribution in [0.3, 0.4) is 0 Å². The van der Waals surface area contributed by atoms with Gasteiger partial charge in [0, 0.05) is 31.4 Å². The van der Waals surface area contributed by atoms with Crippen molar-refractivity contribution in [3.05, 3.63) is 11.3 Å². The van der Waals surface area contributed by atoms with Crippen LogP contribution in [0.5, 0.6) is 0 Å². The van der Waals surface area contributed by atoms with Gasteiger partial charge in [0.2, 0.25) is 0 Å². The molecule has 1 aromatic heterocycles. The van der Waals surface area contributed by atoms with Gasteiger partial charge >= 0.3 is 0 Å². The number of aryl methyl sites for hydroxylation is 1. The van der Waals surface area contributed by atoms with Crippen LogP contribution in [0.1, 0.15) is 17.7 Å². The lowest BCUT2D eigenvalue weighted by Crippen LogP contribution is -2.33. The molecule has 2 rings (SSSR count). The Bertz CT molecular complexity index is 572. The highest BCUT2D eigenvalue weighted by Crippen LogP contribution is 2.23. The summed E-state index contributed by atoms with van der Waals surface area (Å²) in [6.07, 6.45) is 1.03. The van der Waals surface area contributed by atoms with Crippen LogP contribution in [0.15, 0.2) is 5.03 Å². The standard InChI is InChI=1S/C12H21ClN4O2S/c1-9-11(6-13)12(15-14-9)20(18,19)17(3)8-10-4-5-16(2)7-10/h10H,4-8H2,1-3H3,(H,14,15). The first-order valence-electron chi connectivity index (χ1n) is 6.61. The topological polar surface area (TPSA) is 69.3 Å². The number of hydrogen-bond acceptors (Lipinski definition) is 4. The van der Waals surface area contributed by atoms with Crippen LogP contribution >= 0.6 is 11.6 Å². The Balaban J connectivity index is 2.17. The minimum Gasteiger partial charge on any atom is -0.306 e. The first-order valence-corrected chi connectivity index (χ1v) is 8.58. The molecule has 114 valence electrons. The predicted octanol–water partition coefficient (Wildman–Crippen LogP) is 1.03. The van der Waals surface area contributed by atoms with Gasteiger partial charge in [0.15, 0.2) is 5.03 Å². The van der Waals surface area contributed by atoms with Crippen molar-refractivity contribution >= 4 is 21.6 Å². The monoisotopic (exact) mass is 320 g/mol. The van der Waals surface area contributed by atoms with Gasteiger partial charge in [-0.25, -0.2) is 8.42 Å². The van der Waals surface area contributed by atoms with Gasteiger partial charge in [-0.15, -0.1) is 11.6 Å². The van der Waals surface area contributed by atoms with Crippen molar-refractivity contribution in [2.75, 3.05) is 33.7 Å². The Morgan fingerprint density at radius 2 is 2.25 bits per heavy atom. The number of rotatable bonds is 5. The maximum absolute atomic E-state index is 12.6. The SMILES string of the molecule is Cc1[nH]nc(S(=O)(=O)N(C)CC2CCN(C)C2)c1CCl. The normalized spacial score (nSPS) is 20.9. The summed E-state index contributed by atoms with van der Waals surface area (Å²) in [5, 5.41) is 6.68. The van der Waals surface area contributed by atoms with Gasteiger partial charge in [-0.2, -0.15) is 9.40 Å². The molecule has 0 bridgehead atoms. The molecule has 1 aliphatic rings. The fourth-order valence-electron chi connectivity index (χ4n) is 2.59. The third-order valence-electron chi connectivity index (χ3n) is 3.83. The van der Waals surface area contributed by atoms with Crippen LogP contribution in [-0.2, 0) is 15.9 Å². The fourth-order valence-corrected chi connectivity index (χ4v) is 4.39. The van der Waals surface area contributed by atoms with E-state index in [4.69, 9.17) is 11.6 Å². The van der Waals surface area contributed by atoms with E-state index in [1.54, 1.807) is 14.0 Å². The zero-order valence-corrected chi connectivity index (χ0v) is 13.6. The summed E-state index contributed by atoms with van der Waals surface area (Å²) < 4.78 is 26.5. The third-order valence-corrected chi connectivity index (χ3v) is 5.89. The Hall–Kier alpha value is -0.630. The number of H-pyrrole nitrogens is 1. The second-order valence-corrected chi connectivity index (χ2v) is 7.70. The zero-order chi connectivity index (χ0) is 14.9. The first-order chi connectivity index (χ1) is 9.36. The van der Waals surface area contributed by atoms with Crippen LogP contribution in [0.25, 0.3) is 0 Å². The number of alkyl halides is 1. The highest BCUT2D eigenvalue weighted by molar-refractivity contribution is 7.89. The molecule has 6 nitrogen and oxygen atoms in total. The average Bonchev–Trinajstić information content (AvgIpc) is 2.95. The molecule has 0 saturated carbocycles. The van der Waals surface area contributed by atoms with Gasteiger partial charge in [0.1, 0.15) is 0 Å². The lowest BCUT2D eigenvalue weighted by atomic mass is 10.1. The second-order valence-electron chi connectivity index (χ2n) is 5.47. The third kappa shape index (κ3) is 3.00. The predicted molar refractivity (Wildman–Crippen MR) is 78.3 cm³/mol. The van der Waals surface area contributed by atoms with Gasteiger partial charge in [-0.3, -0.25) is 5.10 Å². The summed E-state index contributed by atoms with van der Waals surface area (Å²) in [4.78, 5) is 2.22. The van der Waals surface area contributed by atoms with Gasteiger partial charge in [0.25, 0.3) is 10.0 Å². The van der Waals surface area contributed by atoms with Crippen molar-refractivity contribution in [3.8, 4) is 0 Å². The molecule has 1 unspecified atom stereocenters. The summed E-state index contributed by atoms with van der Waals surface area (Å²) >= 11 is 5.83.